The number of nitrogens with one attached hydrogen (secondary N) is 1. The molecule has 1 aliphatic heterocycles. The highest BCUT2D eigenvalue weighted by atomic mass is 35.5. The third kappa shape index (κ3) is 2.80. The molecular weight excluding hydrogens is 319 g/mol. The monoisotopic (exact) mass is 332 g/mol. The van der Waals surface area contributed by atoms with E-state index in [4.69, 9.17) is 11.6 Å². The summed E-state index contributed by atoms with van der Waals surface area (Å²) < 4.78 is 13.0. The molecule has 0 aromatic heterocycles. The van der Waals surface area contributed by atoms with Crippen LogP contribution >= 0.6 is 11.6 Å². The minimum absolute atomic E-state index is 0.0914. The Morgan fingerprint density at radius 3 is 2.30 bits per heavy atom. The highest BCUT2D eigenvalue weighted by Crippen LogP contribution is 2.30. The van der Waals surface area contributed by atoms with Gasteiger partial charge in [-0.25, -0.2) is 9.18 Å². The molecule has 1 saturated heterocycles. The number of carbonyl (C=O) groups excluding carboxylic acids is 2. The molecule has 0 radical (unpaired) electrons. The van der Waals surface area contributed by atoms with Crippen molar-refractivity contribution in [3.63, 3.8) is 0 Å². The third-order valence-corrected chi connectivity index (χ3v) is 4.20. The van der Waals surface area contributed by atoms with Crippen molar-refractivity contribution in [1.82, 2.24) is 10.2 Å². The minimum Gasteiger partial charge on any atom is -0.319 e. The standard InChI is InChI=1S/C17H14ClFN2O2/c1-17(12-4-6-13(18)7-5-12)15(22)21(16(23)20-17)10-11-2-8-14(19)9-3-11/h2-9H,10H2,1H3,(H,20,23). The van der Waals surface area contributed by atoms with Crippen LogP contribution in [-0.2, 0) is 16.9 Å². The number of benzene rings is 2. The first kappa shape index (κ1) is 15.5. The van der Waals surface area contributed by atoms with E-state index in [9.17, 15) is 14.0 Å². The van der Waals surface area contributed by atoms with E-state index in [0.29, 0.717) is 16.1 Å². The van der Waals surface area contributed by atoms with Gasteiger partial charge in [0.1, 0.15) is 11.4 Å². The number of amides is 3. The molecule has 1 aliphatic rings. The van der Waals surface area contributed by atoms with Gasteiger partial charge in [0, 0.05) is 5.02 Å². The molecule has 0 bridgehead atoms. The Bertz CT molecular complexity index is 761. The zero-order valence-corrected chi connectivity index (χ0v) is 13.1. The summed E-state index contributed by atoms with van der Waals surface area (Å²) in [6.45, 7) is 1.75. The number of urea groups is 1. The number of carbonyl (C=O) groups is 2. The Labute approximate surface area is 137 Å². The number of imide groups is 1. The van der Waals surface area contributed by atoms with Crippen molar-refractivity contribution in [3.05, 3.63) is 70.5 Å². The molecule has 6 heteroatoms. The van der Waals surface area contributed by atoms with E-state index in [1.165, 1.54) is 12.1 Å². The van der Waals surface area contributed by atoms with Gasteiger partial charge < -0.3 is 5.32 Å². The zero-order valence-electron chi connectivity index (χ0n) is 12.3. The first-order valence-corrected chi connectivity index (χ1v) is 7.42. The van der Waals surface area contributed by atoms with Crippen molar-refractivity contribution in [1.29, 1.82) is 0 Å². The first-order valence-electron chi connectivity index (χ1n) is 7.05. The maximum absolute atomic E-state index is 13.0. The van der Waals surface area contributed by atoms with Crippen molar-refractivity contribution < 1.29 is 14.0 Å². The van der Waals surface area contributed by atoms with Gasteiger partial charge in [-0.15, -0.1) is 0 Å². The predicted octanol–water partition coefficient (Wildman–Crippen LogP) is 3.45. The molecule has 0 saturated carbocycles. The molecule has 2 aromatic carbocycles. The van der Waals surface area contributed by atoms with E-state index in [1.807, 2.05) is 0 Å². The van der Waals surface area contributed by atoms with E-state index in [1.54, 1.807) is 43.3 Å². The van der Waals surface area contributed by atoms with Gasteiger partial charge in [-0.2, -0.15) is 0 Å². The van der Waals surface area contributed by atoms with Crippen LogP contribution in [0.25, 0.3) is 0 Å². The fourth-order valence-electron chi connectivity index (χ4n) is 2.59. The molecule has 1 unspecified atom stereocenters. The molecule has 118 valence electrons. The molecule has 4 nitrogen and oxygen atoms in total. The summed E-state index contributed by atoms with van der Waals surface area (Å²) in [4.78, 5) is 26.1. The summed E-state index contributed by atoms with van der Waals surface area (Å²) in [6.07, 6.45) is 0. The highest BCUT2D eigenvalue weighted by molar-refractivity contribution is 6.30. The molecule has 1 fully saturated rings. The Kier molecular flexibility index (Phi) is 3.82. The molecule has 0 aliphatic carbocycles. The lowest BCUT2D eigenvalue weighted by molar-refractivity contribution is -0.131. The predicted molar refractivity (Wildman–Crippen MR) is 84.3 cm³/mol. The second-order valence-electron chi connectivity index (χ2n) is 5.58. The fraction of sp³-hybridized carbons (Fsp3) is 0.176. The second-order valence-corrected chi connectivity index (χ2v) is 6.02. The smallest absolute Gasteiger partial charge is 0.319 e. The van der Waals surface area contributed by atoms with Crippen LogP contribution < -0.4 is 5.32 Å². The van der Waals surface area contributed by atoms with Crippen molar-refractivity contribution in [2.24, 2.45) is 0 Å². The maximum Gasteiger partial charge on any atom is 0.325 e. The molecule has 23 heavy (non-hydrogen) atoms. The number of hydrogen-bond acceptors (Lipinski definition) is 2. The Morgan fingerprint density at radius 1 is 1.09 bits per heavy atom. The first-order chi connectivity index (χ1) is 10.9. The zero-order chi connectivity index (χ0) is 16.6. The van der Waals surface area contributed by atoms with Crippen LogP contribution in [0.5, 0.6) is 0 Å². The van der Waals surface area contributed by atoms with Gasteiger partial charge in [0.2, 0.25) is 0 Å². The number of rotatable bonds is 3. The van der Waals surface area contributed by atoms with Crippen LogP contribution in [0.15, 0.2) is 48.5 Å². The summed E-state index contributed by atoms with van der Waals surface area (Å²) in [5, 5.41) is 3.27. The van der Waals surface area contributed by atoms with Crippen LogP contribution in [0.2, 0.25) is 5.02 Å². The van der Waals surface area contributed by atoms with Gasteiger partial charge in [0.15, 0.2) is 0 Å². The summed E-state index contributed by atoms with van der Waals surface area (Å²) in [7, 11) is 0. The molecule has 1 heterocycles. The summed E-state index contributed by atoms with van der Waals surface area (Å²) in [5.74, 6) is -0.717. The molecular formula is C17H14ClFN2O2. The van der Waals surface area contributed by atoms with E-state index in [2.05, 4.69) is 5.32 Å². The topological polar surface area (TPSA) is 49.4 Å². The van der Waals surface area contributed by atoms with E-state index >= 15 is 0 Å². The normalized spacial score (nSPS) is 20.7. The molecule has 0 spiro atoms. The van der Waals surface area contributed by atoms with Crippen LogP contribution in [-0.4, -0.2) is 16.8 Å². The van der Waals surface area contributed by atoms with Crippen LogP contribution in [0.4, 0.5) is 9.18 Å². The highest BCUT2D eigenvalue weighted by Gasteiger charge is 2.48. The lowest BCUT2D eigenvalue weighted by Crippen LogP contribution is -2.40. The average Bonchev–Trinajstić information content (AvgIpc) is 2.74. The summed E-state index contributed by atoms with van der Waals surface area (Å²) >= 11 is 5.86. The largest absolute Gasteiger partial charge is 0.325 e. The third-order valence-electron chi connectivity index (χ3n) is 3.95. The average molecular weight is 333 g/mol. The molecule has 2 aromatic rings. The lowest BCUT2D eigenvalue weighted by Gasteiger charge is -2.22. The summed E-state index contributed by atoms with van der Waals surface area (Å²) in [6, 6.07) is 12.0. The van der Waals surface area contributed by atoms with Gasteiger partial charge in [-0.1, -0.05) is 35.9 Å². The van der Waals surface area contributed by atoms with Crippen molar-refractivity contribution >= 4 is 23.5 Å². The molecule has 1 N–H and O–H groups in total. The minimum atomic E-state index is -1.14. The van der Waals surface area contributed by atoms with E-state index in [0.717, 1.165) is 4.90 Å². The number of halogens is 2. The Balaban J connectivity index is 1.87. The van der Waals surface area contributed by atoms with Gasteiger partial charge in [0.25, 0.3) is 5.91 Å². The van der Waals surface area contributed by atoms with Gasteiger partial charge in [-0.05, 0) is 42.3 Å². The van der Waals surface area contributed by atoms with Crippen LogP contribution in [0, 0.1) is 5.82 Å². The Hall–Kier alpha value is -2.40. The fourth-order valence-corrected chi connectivity index (χ4v) is 2.72. The second kappa shape index (κ2) is 5.66. The maximum atomic E-state index is 13.0. The van der Waals surface area contributed by atoms with Gasteiger partial charge in [0.05, 0.1) is 6.54 Å². The number of nitrogens with zero attached hydrogens (tertiary/aromatic N) is 1. The summed E-state index contributed by atoms with van der Waals surface area (Å²) in [5.41, 5.74) is 0.193. The molecule has 1 atom stereocenters. The SMILES string of the molecule is CC1(c2ccc(Cl)cc2)NC(=O)N(Cc2ccc(F)cc2)C1=O. The van der Waals surface area contributed by atoms with Crippen LogP contribution in [0.1, 0.15) is 18.1 Å². The van der Waals surface area contributed by atoms with E-state index in [-0.39, 0.29) is 18.3 Å². The van der Waals surface area contributed by atoms with Crippen LogP contribution in [0.3, 0.4) is 0 Å². The van der Waals surface area contributed by atoms with Crippen molar-refractivity contribution in [2.75, 3.05) is 0 Å². The molecule has 3 rings (SSSR count). The van der Waals surface area contributed by atoms with Crippen molar-refractivity contribution in [2.45, 2.75) is 19.0 Å². The number of hydrogen-bond donors (Lipinski definition) is 1. The molecule has 3 amide bonds. The quantitative estimate of drug-likeness (QED) is 0.875. The van der Waals surface area contributed by atoms with Gasteiger partial charge >= 0.3 is 6.03 Å². The Morgan fingerprint density at radius 2 is 1.70 bits per heavy atom. The lowest BCUT2D eigenvalue weighted by atomic mass is 9.92. The van der Waals surface area contributed by atoms with E-state index < -0.39 is 11.6 Å². The van der Waals surface area contributed by atoms with Gasteiger partial charge in [-0.3, -0.25) is 9.69 Å². The van der Waals surface area contributed by atoms with Crippen molar-refractivity contribution in [3.8, 4) is 0 Å².